The molecule has 4 rings (SSSR count). The molecule has 1 aromatic heterocycles. The number of amides is 1. The van der Waals surface area contributed by atoms with Gasteiger partial charge < -0.3 is 10.5 Å². The van der Waals surface area contributed by atoms with E-state index in [9.17, 15) is 13.2 Å². The molecule has 8 nitrogen and oxygen atoms in total. The van der Waals surface area contributed by atoms with Gasteiger partial charge in [-0.2, -0.15) is 9.40 Å². The molecule has 9 heteroatoms. The number of benzene rings is 2. The first-order valence-electron chi connectivity index (χ1n) is 9.42. The number of carbonyl (C=O) groups is 1. The molecule has 1 aliphatic rings. The number of hydrogen-bond acceptors (Lipinski definition) is 5. The van der Waals surface area contributed by atoms with Crippen LogP contribution in [-0.4, -0.2) is 41.6 Å². The summed E-state index contributed by atoms with van der Waals surface area (Å²) in [6, 6.07) is 13.9. The Hall–Kier alpha value is -3.17. The third-order valence-corrected chi connectivity index (χ3v) is 6.96. The second-order valence-electron chi connectivity index (χ2n) is 7.22. The summed E-state index contributed by atoms with van der Waals surface area (Å²) in [7, 11) is -1.89. The van der Waals surface area contributed by atoms with Crippen molar-refractivity contribution in [2.75, 3.05) is 13.2 Å². The molecule has 1 amide bonds. The molecule has 0 saturated heterocycles. The average Bonchev–Trinajstić information content (AvgIpc) is 3.17. The number of nitrogens with two attached hydrogens (primary N) is 1. The maximum atomic E-state index is 13.3. The number of hydrogen-bond donors (Lipinski definition) is 1. The van der Waals surface area contributed by atoms with Gasteiger partial charge in [-0.05, 0) is 41.0 Å². The SMILES string of the molecule is Cn1cc([C@H]2CN(S(=O)(=O)c3ccc(OCC(N)=O)cc3)Cc3ccccc32)cn1. The van der Waals surface area contributed by atoms with Crippen molar-refractivity contribution in [3.05, 3.63) is 77.6 Å². The number of ether oxygens (including phenoxy) is 1. The summed E-state index contributed by atoms with van der Waals surface area (Å²) in [6.45, 7) is 0.363. The van der Waals surface area contributed by atoms with Crippen LogP contribution in [0.5, 0.6) is 5.75 Å². The zero-order chi connectivity index (χ0) is 21.3. The summed E-state index contributed by atoms with van der Waals surface area (Å²) in [6.07, 6.45) is 3.70. The van der Waals surface area contributed by atoms with E-state index in [1.54, 1.807) is 10.9 Å². The minimum Gasteiger partial charge on any atom is -0.484 e. The molecule has 2 N–H and O–H groups in total. The number of fused-ring (bicyclic) bond motifs is 1. The Kier molecular flexibility index (Phi) is 5.31. The highest BCUT2D eigenvalue weighted by atomic mass is 32.2. The smallest absolute Gasteiger partial charge is 0.255 e. The van der Waals surface area contributed by atoms with Gasteiger partial charge in [0, 0.05) is 32.3 Å². The number of aromatic nitrogens is 2. The van der Waals surface area contributed by atoms with E-state index in [0.717, 1.165) is 16.7 Å². The Morgan fingerprint density at radius 1 is 1.20 bits per heavy atom. The molecule has 0 unspecified atom stereocenters. The number of aryl methyl sites for hydroxylation is 1. The van der Waals surface area contributed by atoms with Crippen molar-refractivity contribution in [2.24, 2.45) is 12.8 Å². The van der Waals surface area contributed by atoms with E-state index in [1.165, 1.54) is 28.6 Å². The second kappa shape index (κ2) is 7.92. The first kappa shape index (κ1) is 20.1. The lowest BCUT2D eigenvalue weighted by Crippen LogP contribution is -2.38. The molecule has 2 heterocycles. The van der Waals surface area contributed by atoms with Crippen molar-refractivity contribution < 1.29 is 17.9 Å². The molecule has 1 aliphatic heterocycles. The molecule has 0 aliphatic carbocycles. The second-order valence-corrected chi connectivity index (χ2v) is 9.16. The Labute approximate surface area is 174 Å². The number of rotatable bonds is 6. The summed E-state index contributed by atoms with van der Waals surface area (Å²) >= 11 is 0. The Morgan fingerprint density at radius 3 is 2.60 bits per heavy atom. The molecular formula is C21H22N4O4S. The molecule has 0 fully saturated rings. The van der Waals surface area contributed by atoms with Crippen LogP contribution in [0.1, 0.15) is 22.6 Å². The van der Waals surface area contributed by atoms with Crippen molar-refractivity contribution in [2.45, 2.75) is 17.4 Å². The van der Waals surface area contributed by atoms with Gasteiger partial charge in [-0.25, -0.2) is 8.42 Å². The fraction of sp³-hybridized carbons (Fsp3) is 0.238. The van der Waals surface area contributed by atoms with E-state index < -0.39 is 15.9 Å². The molecule has 3 aromatic rings. The molecule has 0 spiro atoms. The predicted molar refractivity (Wildman–Crippen MR) is 110 cm³/mol. The van der Waals surface area contributed by atoms with Crippen molar-refractivity contribution in [3.63, 3.8) is 0 Å². The van der Waals surface area contributed by atoms with Crippen LogP contribution in [0.4, 0.5) is 0 Å². The monoisotopic (exact) mass is 426 g/mol. The van der Waals surface area contributed by atoms with Crippen molar-refractivity contribution in [1.82, 2.24) is 14.1 Å². The fourth-order valence-corrected chi connectivity index (χ4v) is 5.11. The van der Waals surface area contributed by atoms with Crippen LogP contribution in [0.3, 0.4) is 0 Å². The third-order valence-electron chi connectivity index (χ3n) is 5.13. The fourth-order valence-electron chi connectivity index (χ4n) is 3.67. The lowest BCUT2D eigenvalue weighted by Gasteiger charge is -2.33. The van der Waals surface area contributed by atoms with Gasteiger partial charge in [-0.3, -0.25) is 9.48 Å². The maximum Gasteiger partial charge on any atom is 0.255 e. The predicted octanol–water partition coefficient (Wildman–Crippen LogP) is 1.62. The Morgan fingerprint density at radius 2 is 1.93 bits per heavy atom. The van der Waals surface area contributed by atoms with Crippen LogP contribution in [0, 0.1) is 0 Å². The topological polar surface area (TPSA) is 108 Å². The highest BCUT2D eigenvalue weighted by Crippen LogP contribution is 2.35. The summed E-state index contributed by atoms with van der Waals surface area (Å²) in [5, 5.41) is 4.25. The summed E-state index contributed by atoms with van der Waals surface area (Å²) in [5.74, 6) is -0.318. The van der Waals surface area contributed by atoms with Gasteiger partial charge in [0.25, 0.3) is 5.91 Å². The normalized spacial score (nSPS) is 16.8. The number of carbonyl (C=O) groups excluding carboxylic acids is 1. The molecule has 0 radical (unpaired) electrons. The van der Waals surface area contributed by atoms with Crippen molar-refractivity contribution in [1.29, 1.82) is 0 Å². The van der Waals surface area contributed by atoms with Crippen LogP contribution in [0.25, 0.3) is 0 Å². The molecule has 30 heavy (non-hydrogen) atoms. The zero-order valence-electron chi connectivity index (χ0n) is 16.4. The summed E-state index contributed by atoms with van der Waals surface area (Å²) in [4.78, 5) is 11.0. The van der Waals surface area contributed by atoms with Gasteiger partial charge >= 0.3 is 0 Å². The Bertz CT molecular complexity index is 1170. The minimum absolute atomic E-state index is 0.100. The van der Waals surface area contributed by atoms with Crippen molar-refractivity contribution in [3.8, 4) is 5.75 Å². The standard InChI is InChI=1S/C21H22N4O4S/c1-24-11-16(10-23-24)20-13-25(12-15-4-2-3-5-19(15)20)30(27,28)18-8-6-17(7-9-18)29-14-21(22)26/h2-11,20H,12-14H2,1H3,(H2,22,26)/t20-/m1/s1. The van der Waals surface area contributed by atoms with Gasteiger partial charge in [0.1, 0.15) is 5.75 Å². The van der Waals surface area contributed by atoms with E-state index in [4.69, 9.17) is 10.5 Å². The molecule has 0 saturated carbocycles. The zero-order valence-corrected chi connectivity index (χ0v) is 17.2. The maximum absolute atomic E-state index is 13.3. The number of sulfonamides is 1. The van der Waals surface area contributed by atoms with Crippen LogP contribution < -0.4 is 10.5 Å². The molecular weight excluding hydrogens is 404 g/mol. The van der Waals surface area contributed by atoms with E-state index in [1.807, 2.05) is 37.5 Å². The van der Waals surface area contributed by atoms with Crippen molar-refractivity contribution >= 4 is 15.9 Å². The first-order valence-corrected chi connectivity index (χ1v) is 10.9. The van der Waals surface area contributed by atoms with Gasteiger partial charge in [0.05, 0.1) is 11.1 Å². The highest BCUT2D eigenvalue weighted by molar-refractivity contribution is 7.89. The van der Waals surface area contributed by atoms with Gasteiger partial charge in [0.2, 0.25) is 10.0 Å². The summed E-state index contributed by atoms with van der Waals surface area (Å²) < 4.78 is 35.1. The van der Waals surface area contributed by atoms with E-state index in [2.05, 4.69) is 5.10 Å². The van der Waals surface area contributed by atoms with Crippen LogP contribution >= 0.6 is 0 Å². The van der Waals surface area contributed by atoms with Crippen LogP contribution in [-0.2, 0) is 28.4 Å². The van der Waals surface area contributed by atoms with Crippen LogP contribution in [0.15, 0.2) is 65.8 Å². The van der Waals surface area contributed by atoms with E-state index in [-0.39, 0.29) is 17.4 Å². The highest BCUT2D eigenvalue weighted by Gasteiger charge is 2.34. The molecule has 2 aromatic carbocycles. The number of primary amides is 1. The van der Waals surface area contributed by atoms with E-state index in [0.29, 0.717) is 18.8 Å². The minimum atomic E-state index is -3.73. The summed E-state index contributed by atoms with van der Waals surface area (Å²) in [5.41, 5.74) is 8.13. The molecule has 0 bridgehead atoms. The lowest BCUT2D eigenvalue weighted by atomic mass is 9.87. The Balaban J connectivity index is 1.64. The number of nitrogens with zero attached hydrogens (tertiary/aromatic N) is 3. The quantitative estimate of drug-likeness (QED) is 0.644. The van der Waals surface area contributed by atoms with Gasteiger partial charge in [-0.1, -0.05) is 24.3 Å². The van der Waals surface area contributed by atoms with Gasteiger partial charge in [0.15, 0.2) is 6.61 Å². The van der Waals surface area contributed by atoms with E-state index >= 15 is 0 Å². The lowest BCUT2D eigenvalue weighted by molar-refractivity contribution is -0.119. The van der Waals surface area contributed by atoms with Gasteiger partial charge in [-0.15, -0.1) is 0 Å². The molecule has 1 atom stereocenters. The first-order chi connectivity index (χ1) is 14.3. The average molecular weight is 426 g/mol. The van der Waals surface area contributed by atoms with Crippen LogP contribution in [0.2, 0.25) is 0 Å². The molecule has 156 valence electrons. The third kappa shape index (κ3) is 3.94. The largest absolute Gasteiger partial charge is 0.484 e.